The first-order valence-electron chi connectivity index (χ1n) is 7.53. The summed E-state index contributed by atoms with van der Waals surface area (Å²) >= 11 is 0. The lowest BCUT2D eigenvalue weighted by atomic mass is 10.2. The molecule has 1 N–H and O–H groups in total. The number of nitrogens with zero attached hydrogens (tertiary/aromatic N) is 1. The lowest BCUT2D eigenvalue weighted by Gasteiger charge is -2.26. The van der Waals surface area contributed by atoms with Gasteiger partial charge in [-0.15, -0.1) is 0 Å². The maximum absolute atomic E-state index is 12.5. The van der Waals surface area contributed by atoms with Crippen molar-refractivity contribution in [2.24, 2.45) is 0 Å². The Hall–Kier alpha value is -1.15. The molecule has 1 aromatic carbocycles. The van der Waals surface area contributed by atoms with Crippen molar-refractivity contribution in [3.8, 4) is 5.75 Å². The van der Waals surface area contributed by atoms with Crippen molar-refractivity contribution in [1.29, 1.82) is 0 Å². The van der Waals surface area contributed by atoms with E-state index in [4.69, 9.17) is 9.47 Å². The predicted molar refractivity (Wildman–Crippen MR) is 84.8 cm³/mol. The van der Waals surface area contributed by atoms with Gasteiger partial charge in [0.1, 0.15) is 10.6 Å². The first-order valence-corrected chi connectivity index (χ1v) is 9.02. The summed E-state index contributed by atoms with van der Waals surface area (Å²) in [5, 5.41) is 0. The topological polar surface area (TPSA) is 67.9 Å². The van der Waals surface area contributed by atoms with Gasteiger partial charge in [-0.2, -0.15) is 0 Å². The van der Waals surface area contributed by atoms with Crippen molar-refractivity contribution in [2.75, 3.05) is 46.5 Å². The molecule has 22 heavy (non-hydrogen) atoms. The van der Waals surface area contributed by atoms with Gasteiger partial charge in [-0.05, 0) is 24.1 Å². The lowest BCUT2D eigenvalue weighted by molar-refractivity contribution is 0.0390. The zero-order chi connectivity index (χ0) is 16.0. The van der Waals surface area contributed by atoms with Crippen LogP contribution in [0.15, 0.2) is 23.1 Å². The fraction of sp³-hybridized carbons (Fsp3) is 0.600. The molecule has 0 aliphatic carbocycles. The number of ether oxygens (including phenoxy) is 2. The van der Waals surface area contributed by atoms with Crippen molar-refractivity contribution < 1.29 is 17.9 Å². The molecule has 1 saturated heterocycles. The summed E-state index contributed by atoms with van der Waals surface area (Å²) in [7, 11) is -2.09. The number of aryl methyl sites for hydroxylation is 1. The van der Waals surface area contributed by atoms with Gasteiger partial charge in [0.25, 0.3) is 0 Å². The number of hydrogen-bond acceptors (Lipinski definition) is 5. The highest BCUT2D eigenvalue weighted by Crippen LogP contribution is 2.24. The van der Waals surface area contributed by atoms with Gasteiger partial charge in [0, 0.05) is 26.2 Å². The van der Waals surface area contributed by atoms with E-state index in [-0.39, 0.29) is 4.90 Å². The van der Waals surface area contributed by atoms with Gasteiger partial charge < -0.3 is 9.47 Å². The average molecular weight is 328 g/mol. The van der Waals surface area contributed by atoms with Gasteiger partial charge in [-0.25, -0.2) is 13.1 Å². The van der Waals surface area contributed by atoms with E-state index in [1.807, 2.05) is 13.0 Å². The third-order valence-corrected chi connectivity index (χ3v) is 5.23. The molecule has 0 amide bonds. The summed E-state index contributed by atoms with van der Waals surface area (Å²) in [5.74, 6) is 0.371. The number of methoxy groups -OCH3 is 1. The van der Waals surface area contributed by atoms with Gasteiger partial charge in [-0.3, -0.25) is 4.90 Å². The van der Waals surface area contributed by atoms with Crippen LogP contribution in [0.3, 0.4) is 0 Å². The number of nitrogens with one attached hydrogen (secondary N) is 1. The Balaban J connectivity index is 2.02. The minimum absolute atomic E-state index is 0.205. The van der Waals surface area contributed by atoms with Crippen LogP contribution in [0.1, 0.15) is 12.5 Å². The van der Waals surface area contributed by atoms with E-state index in [1.165, 1.54) is 7.11 Å². The van der Waals surface area contributed by atoms with Crippen molar-refractivity contribution in [1.82, 2.24) is 9.62 Å². The molecular formula is C15H24N2O4S. The van der Waals surface area contributed by atoms with Crippen molar-refractivity contribution >= 4 is 10.0 Å². The molecule has 0 spiro atoms. The molecule has 124 valence electrons. The summed E-state index contributed by atoms with van der Waals surface area (Å²) in [6, 6.07) is 5.26. The Morgan fingerprint density at radius 3 is 2.68 bits per heavy atom. The number of hydrogen-bond donors (Lipinski definition) is 1. The van der Waals surface area contributed by atoms with E-state index in [1.54, 1.807) is 12.1 Å². The Bertz CT molecular complexity index is 583. The molecule has 0 unspecified atom stereocenters. The summed E-state index contributed by atoms with van der Waals surface area (Å²) in [6.45, 7) is 6.15. The molecule has 0 aromatic heterocycles. The molecule has 0 saturated carbocycles. The normalized spacial score (nSPS) is 16.6. The SMILES string of the molecule is CCc1ccc(OC)c(S(=O)(=O)NCCN2CCOCC2)c1. The fourth-order valence-electron chi connectivity index (χ4n) is 2.39. The Morgan fingerprint density at radius 2 is 2.05 bits per heavy atom. The lowest BCUT2D eigenvalue weighted by Crippen LogP contribution is -2.41. The summed E-state index contributed by atoms with van der Waals surface area (Å²) < 4.78 is 38.1. The predicted octanol–water partition coefficient (Wildman–Crippen LogP) is 0.868. The van der Waals surface area contributed by atoms with E-state index >= 15 is 0 Å². The highest BCUT2D eigenvalue weighted by atomic mass is 32.2. The molecule has 7 heteroatoms. The Kier molecular flexibility index (Phi) is 6.19. The number of benzene rings is 1. The van der Waals surface area contributed by atoms with Gasteiger partial charge in [-0.1, -0.05) is 13.0 Å². The number of sulfonamides is 1. The number of morpholine rings is 1. The quantitative estimate of drug-likeness (QED) is 0.804. The van der Waals surface area contributed by atoms with Gasteiger partial charge in [0.2, 0.25) is 10.0 Å². The zero-order valence-corrected chi connectivity index (χ0v) is 14.0. The Labute approximate surface area is 132 Å². The third-order valence-electron chi connectivity index (χ3n) is 3.75. The van der Waals surface area contributed by atoms with Crippen molar-refractivity contribution in [2.45, 2.75) is 18.2 Å². The summed E-state index contributed by atoms with van der Waals surface area (Å²) in [5.41, 5.74) is 0.967. The minimum Gasteiger partial charge on any atom is -0.495 e. The van der Waals surface area contributed by atoms with Crippen molar-refractivity contribution in [3.63, 3.8) is 0 Å². The van der Waals surface area contributed by atoms with Crippen LogP contribution in [0.25, 0.3) is 0 Å². The van der Waals surface area contributed by atoms with Crippen LogP contribution in [-0.4, -0.2) is 59.8 Å². The van der Waals surface area contributed by atoms with E-state index in [0.717, 1.165) is 25.1 Å². The van der Waals surface area contributed by atoms with Crippen LogP contribution >= 0.6 is 0 Å². The molecule has 1 aromatic rings. The summed E-state index contributed by atoms with van der Waals surface area (Å²) in [4.78, 5) is 2.39. The maximum atomic E-state index is 12.5. The second-order valence-electron chi connectivity index (χ2n) is 5.19. The van der Waals surface area contributed by atoms with Crippen LogP contribution in [0.5, 0.6) is 5.75 Å². The average Bonchev–Trinajstić information content (AvgIpc) is 2.55. The molecule has 1 aliphatic heterocycles. The first kappa shape index (κ1) is 17.2. The molecule has 0 radical (unpaired) electrons. The van der Waals surface area contributed by atoms with E-state index in [2.05, 4.69) is 9.62 Å². The monoisotopic (exact) mass is 328 g/mol. The van der Waals surface area contributed by atoms with E-state index in [0.29, 0.717) is 32.1 Å². The molecular weight excluding hydrogens is 304 g/mol. The zero-order valence-electron chi connectivity index (χ0n) is 13.2. The third kappa shape index (κ3) is 4.42. The molecule has 1 aliphatic rings. The second-order valence-corrected chi connectivity index (χ2v) is 6.93. The molecule has 0 atom stereocenters. The molecule has 1 heterocycles. The highest BCUT2D eigenvalue weighted by Gasteiger charge is 2.20. The van der Waals surface area contributed by atoms with Gasteiger partial charge in [0.05, 0.1) is 20.3 Å². The van der Waals surface area contributed by atoms with E-state index in [9.17, 15) is 8.42 Å². The first-order chi connectivity index (χ1) is 10.6. The smallest absolute Gasteiger partial charge is 0.244 e. The largest absolute Gasteiger partial charge is 0.495 e. The van der Waals surface area contributed by atoms with Gasteiger partial charge >= 0.3 is 0 Å². The van der Waals surface area contributed by atoms with E-state index < -0.39 is 10.0 Å². The highest BCUT2D eigenvalue weighted by molar-refractivity contribution is 7.89. The molecule has 0 bridgehead atoms. The van der Waals surface area contributed by atoms with Crippen LogP contribution < -0.4 is 9.46 Å². The maximum Gasteiger partial charge on any atom is 0.244 e. The summed E-state index contributed by atoms with van der Waals surface area (Å²) in [6.07, 6.45) is 0.778. The number of rotatable bonds is 7. The Morgan fingerprint density at radius 1 is 1.32 bits per heavy atom. The second kappa shape index (κ2) is 7.92. The molecule has 1 fully saturated rings. The molecule has 2 rings (SSSR count). The van der Waals surface area contributed by atoms with Crippen molar-refractivity contribution in [3.05, 3.63) is 23.8 Å². The van der Waals surface area contributed by atoms with Gasteiger partial charge in [0.15, 0.2) is 0 Å². The molecule has 6 nitrogen and oxygen atoms in total. The fourth-order valence-corrected chi connectivity index (χ4v) is 3.63. The van der Waals surface area contributed by atoms with Crippen LogP contribution in [0.2, 0.25) is 0 Å². The van der Waals surface area contributed by atoms with Crippen LogP contribution in [0, 0.1) is 0 Å². The van der Waals surface area contributed by atoms with Crippen LogP contribution in [0.4, 0.5) is 0 Å². The standard InChI is InChI=1S/C15H24N2O4S/c1-3-13-4-5-14(20-2)15(12-13)22(18,19)16-6-7-17-8-10-21-11-9-17/h4-5,12,16H,3,6-11H2,1-2H3. The minimum atomic E-state index is -3.57. The van der Waals surface area contributed by atoms with Crippen LogP contribution in [-0.2, 0) is 21.2 Å².